The molecule has 0 radical (unpaired) electrons. The van der Waals surface area contributed by atoms with Crippen LogP contribution in [0.1, 0.15) is 37.7 Å². The van der Waals surface area contributed by atoms with E-state index in [1.807, 2.05) is 24.3 Å². The fourth-order valence-corrected chi connectivity index (χ4v) is 5.73. The number of piperidine rings is 1. The Balaban J connectivity index is 1.51. The van der Waals surface area contributed by atoms with Gasteiger partial charge in [0.1, 0.15) is 0 Å². The summed E-state index contributed by atoms with van der Waals surface area (Å²) < 4.78 is 26.5. The van der Waals surface area contributed by atoms with Crippen molar-refractivity contribution in [3.05, 3.63) is 34.3 Å². The first-order valence-electron chi connectivity index (χ1n) is 8.35. The minimum Gasteiger partial charge on any atom is -0.353 e. The maximum absolute atomic E-state index is 12.2. The zero-order chi connectivity index (χ0) is 17.3. The van der Waals surface area contributed by atoms with Crippen molar-refractivity contribution in [1.29, 1.82) is 0 Å². The molecule has 5 nitrogen and oxygen atoms in total. The highest BCUT2D eigenvalue weighted by Gasteiger charge is 2.45. The Labute approximate surface area is 152 Å². The van der Waals surface area contributed by atoms with Crippen molar-refractivity contribution in [3.8, 4) is 0 Å². The maximum Gasteiger partial charge on any atom is 0.220 e. The number of aryl methyl sites for hydroxylation is 1. The molecule has 2 bridgehead atoms. The number of carbonyl (C=O) groups excluding carboxylic acids is 1. The highest BCUT2D eigenvalue weighted by Crippen LogP contribution is 2.37. The molecule has 0 aliphatic carbocycles. The molecule has 2 heterocycles. The molecule has 2 aliphatic heterocycles. The number of fused-ring (bicyclic) bond motifs is 2. The van der Waals surface area contributed by atoms with Crippen LogP contribution >= 0.6 is 15.9 Å². The lowest BCUT2D eigenvalue weighted by Crippen LogP contribution is -2.52. The van der Waals surface area contributed by atoms with Crippen LogP contribution in [0.2, 0.25) is 0 Å². The van der Waals surface area contributed by atoms with E-state index in [4.69, 9.17) is 0 Å². The second-order valence-electron chi connectivity index (χ2n) is 6.84. The quantitative estimate of drug-likeness (QED) is 0.804. The minimum atomic E-state index is -3.15. The molecular formula is C17H23BrN2O3S. The minimum absolute atomic E-state index is 0.0510. The third-order valence-electron chi connectivity index (χ3n) is 4.97. The van der Waals surface area contributed by atoms with Gasteiger partial charge < -0.3 is 5.32 Å². The SMILES string of the molecule is CS(=O)(=O)N1C2CCC1CC(NC(=O)CCc1ccc(Br)cc1)C2. The van der Waals surface area contributed by atoms with Crippen molar-refractivity contribution in [3.63, 3.8) is 0 Å². The van der Waals surface area contributed by atoms with Gasteiger partial charge in [-0.05, 0) is 49.8 Å². The lowest BCUT2D eigenvalue weighted by atomic mass is 9.99. The average molecular weight is 415 g/mol. The van der Waals surface area contributed by atoms with Gasteiger partial charge in [-0.15, -0.1) is 0 Å². The molecule has 2 fully saturated rings. The first-order valence-corrected chi connectivity index (χ1v) is 11.0. The Kier molecular flexibility index (Phi) is 5.32. The molecule has 1 amide bonds. The number of halogens is 1. The van der Waals surface area contributed by atoms with Crippen LogP contribution in [-0.4, -0.2) is 43.0 Å². The number of nitrogens with zero attached hydrogens (tertiary/aromatic N) is 1. The number of carbonyl (C=O) groups is 1. The van der Waals surface area contributed by atoms with Crippen LogP contribution < -0.4 is 5.32 Å². The predicted octanol–water partition coefficient (Wildman–Crippen LogP) is 2.45. The van der Waals surface area contributed by atoms with Gasteiger partial charge in [0, 0.05) is 29.0 Å². The van der Waals surface area contributed by atoms with E-state index in [2.05, 4.69) is 21.2 Å². The Hall–Kier alpha value is -0.920. The van der Waals surface area contributed by atoms with Crippen molar-refractivity contribution in [2.45, 2.75) is 56.7 Å². The molecule has 2 unspecified atom stereocenters. The largest absolute Gasteiger partial charge is 0.353 e. The van der Waals surface area contributed by atoms with Crippen LogP contribution in [-0.2, 0) is 21.2 Å². The molecule has 1 N–H and O–H groups in total. The fraction of sp³-hybridized carbons (Fsp3) is 0.588. The number of hydrogen-bond acceptors (Lipinski definition) is 3. The zero-order valence-corrected chi connectivity index (χ0v) is 16.1. The van der Waals surface area contributed by atoms with E-state index in [0.717, 1.165) is 35.7 Å². The number of rotatable bonds is 5. The molecule has 7 heteroatoms. The lowest BCUT2D eigenvalue weighted by Gasteiger charge is -2.37. The van der Waals surface area contributed by atoms with Crippen LogP contribution in [0.25, 0.3) is 0 Å². The molecule has 0 aromatic heterocycles. The van der Waals surface area contributed by atoms with E-state index >= 15 is 0 Å². The molecule has 2 saturated heterocycles. The van der Waals surface area contributed by atoms with E-state index in [9.17, 15) is 13.2 Å². The summed E-state index contributed by atoms with van der Waals surface area (Å²) in [6.45, 7) is 0. The molecular weight excluding hydrogens is 392 g/mol. The molecule has 0 spiro atoms. The topological polar surface area (TPSA) is 66.5 Å². The highest BCUT2D eigenvalue weighted by molar-refractivity contribution is 9.10. The molecule has 3 rings (SSSR count). The van der Waals surface area contributed by atoms with Gasteiger partial charge in [-0.1, -0.05) is 28.1 Å². The number of sulfonamides is 1. The van der Waals surface area contributed by atoms with Gasteiger partial charge in [0.25, 0.3) is 0 Å². The van der Waals surface area contributed by atoms with Crippen molar-refractivity contribution >= 4 is 31.9 Å². The smallest absolute Gasteiger partial charge is 0.220 e. The zero-order valence-electron chi connectivity index (χ0n) is 13.7. The Morgan fingerprint density at radius 3 is 2.33 bits per heavy atom. The van der Waals surface area contributed by atoms with Gasteiger partial charge in [-0.2, -0.15) is 4.31 Å². The Morgan fingerprint density at radius 1 is 1.21 bits per heavy atom. The third kappa shape index (κ3) is 4.18. The summed E-state index contributed by atoms with van der Waals surface area (Å²) in [4.78, 5) is 12.2. The molecule has 2 atom stereocenters. The second kappa shape index (κ2) is 7.14. The summed E-state index contributed by atoms with van der Waals surface area (Å²) in [6, 6.07) is 8.19. The number of benzene rings is 1. The molecule has 0 saturated carbocycles. The standard InChI is InChI=1S/C17H23BrN2O3S/c1-24(22,23)20-15-7-8-16(20)11-14(10-15)19-17(21)9-4-12-2-5-13(18)6-3-12/h2-3,5-6,14-16H,4,7-11H2,1H3,(H,19,21). The van der Waals surface area contributed by atoms with E-state index in [1.165, 1.54) is 6.26 Å². The lowest BCUT2D eigenvalue weighted by molar-refractivity contribution is -0.122. The van der Waals surface area contributed by atoms with Crippen LogP contribution in [0, 0.1) is 0 Å². The predicted molar refractivity (Wildman–Crippen MR) is 97.1 cm³/mol. The van der Waals surface area contributed by atoms with Crippen molar-refractivity contribution in [2.24, 2.45) is 0 Å². The highest BCUT2D eigenvalue weighted by atomic mass is 79.9. The van der Waals surface area contributed by atoms with Crippen molar-refractivity contribution < 1.29 is 13.2 Å². The summed E-state index contributed by atoms with van der Waals surface area (Å²) >= 11 is 3.40. The van der Waals surface area contributed by atoms with Gasteiger partial charge in [0.05, 0.1) is 6.26 Å². The first kappa shape index (κ1) is 17.9. The number of amides is 1. The van der Waals surface area contributed by atoms with Crippen LogP contribution in [0.4, 0.5) is 0 Å². The molecule has 1 aromatic rings. The average Bonchev–Trinajstić information content (AvgIpc) is 2.79. The Bertz CT molecular complexity index is 691. The summed E-state index contributed by atoms with van der Waals surface area (Å²) in [5.74, 6) is 0.0510. The maximum atomic E-state index is 12.2. The number of nitrogens with one attached hydrogen (secondary N) is 1. The first-order chi connectivity index (χ1) is 11.3. The van der Waals surface area contributed by atoms with E-state index in [0.29, 0.717) is 12.8 Å². The van der Waals surface area contributed by atoms with Gasteiger partial charge in [-0.25, -0.2) is 8.42 Å². The van der Waals surface area contributed by atoms with E-state index < -0.39 is 10.0 Å². The second-order valence-corrected chi connectivity index (χ2v) is 9.64. The van der Waals surface area contributed by atoms with Crippen LogP contribution in [0.15, 0.2) is 28.7 Å². The summed E-state index contributed by atoms with van der Waals surface area (Å²) in [5.41, 5.74) is 1.14. The van der Waals surface area contributed by atoms with Gasteiger partial charge in [-0.3, -0.25) is 4.79 Å². The fourth-order valence-electron chi connectivity index (χ4n) is 4.00. The number of hydrogen-bond donors (Lipinski definition) is 1. The molecule has 1 aromatic carbocycles. The third-order valence-corrected chi connectivity index (χ3v) is 6.86. The van der Waals surface area contributed by atoms with Gasteiger partial charge >= 0.3 is 0 Å². The van der Waals surface area contributed by atoms with Gasteiger partial charge in [0.15, 0.2) is 0 Å². The van der Waals surface area contributed by atoms with Gasteiger partial charge in [0.2, 0.25) is 15.9 Å². The summed E-state index contributed by atoms with van der Waals surface area (Å²) in [7, 11) is -3.15. The van der Waals surface area contributed by atoms with Crippen LogP contribution in [0.3, 0.4) is 0 Å². The summed E-state index contributed by atoms with van der Waals surface area (Å²) in [6.07, 6.45) is 5.74. The summed E-state index contributed by atoms with van der Waals surface area (Å²) in [5, 5.41) is 3.10. The monoisotopic (exact) mass is 414 g/mol. The van der Waals surface area contributed by atoms with E-state index in [1.54, 1.807) is 4.31 Å². The normalized spacial score (nSPS) is 27.2. The molecule has 24 heavy (non-hydrogen) atoms. The molecule has 2 aliphatic rings. The van der Waals surface area contributed by atoms with Crippen molar-refractivity contribution in [2.75, 3.05) is 6.26 Å². The molecule has 132 valence electrons. The van der Waals surface area contributed by atoms with Crippen molar-refractivity contribution in [1.82, 2.24) is 9.62 Å². The van der Waals surface area contributed by atoms with E-state index in [-0.39, 0.29) is 24.0 Å². The Morgan fingerprint density at radius 2 is 1.79 bits per heavy atom. The van der Waals surface area contributed by atoms with Crippen LogP contribution in [0.5, 0.6) is 0 Å².